The van der Waals surface area contributed by atoms with Gasteiger partial charge in [-0.3, -0.25) is 4.98 Å². The minimum absolute atomic E-state index is 0.381. The summed E-state index contributed by atoms with van der Waals surface area (Å²) >= 11 is 2.14. The second-order valence-corrected chi connectivity index (χ2v) is 4.33. The summed E-state index contributed by atoms with van der Waals surface area (Å²) in [6.45, 7) is 1.29. The van der Waals surface area contributed by atoms with Crippen molar-refractivity contribution in [3.8, 4) is 0 Å². The van der Waals surface area contributed by atoms with Crippen molar-refractivity contribution in [1.82, 2.24) is 9.97 Å². The molecule has 1 aromatic rings. The van der Waals surface area contributed by atoms with Gasteiger partial charge in [0.1, 0.15) is 9.30 Å². The Kier molecular flexibility index (Phi) is 2.99. The molecule has 1 fully saturated rings. The molecule has 0 amide bonds. The summed E-state index contributed by atoms with van der Waals surface area (Å²) in [5, 5.41) is 0. The van der Waals surface area contributed by atoms with Crippen LogP contribution in [0.3, 0.4) is 0 Å². The van der Waals surface area contributed by atoms with Gasteiger partial charge in [-0.05, 0) is 22.6 Å². The molecule has 0 N–H and O–H groups in total. The van der Waals surface area contributed by atoms with Crippen molar-refractivity contribution < 1.29 is 9.47 Å². The number of hydrogen-bond acceptors (Lipinski definition) is 4. The van der Waals surface area contributed by atoms with Gasteiger partial charge in [0.05, 0.1) is 24.7 Å². The van der Waals surface area contributed by atoms with Crippen LogP contribution in [0.15, 0.2) is 12.4 Å². The van der Waals surface area contributed by atoms with Crippen LogP contribution in [0.4, 0.5) is 0 Å². The first-order valence-electron chi connectivity index (χ1n) is 4.38. The van der Waals surface area contributed by atoms with E-state index in [9.17, 15) is 0 Å². The topological polar surface area (TPSA) is 44.2 Å². The predicted octanol–water partition coefficient (Wildman–Crippen LogP) is 1.34. The van der Waals surface area contributed by atoms with E-state index in [1.165, 1.54) is 0 Å². The third kappa shape index (κ3) is 1.76. The summed E-state index contributed by atoms with van der Waals surface area (Å²) in [4.78, 5) is 8.53. The molecule has 1 aromatic heterocycles. The van der Waals surface area contributed by atoms with Crippen LogP contribution >= 0.6 is 22.6 Å². The Morgan fingerprint density at radius 2 is 2.43 bits per heavy atom. The standard InChI is InChI=1S/C9H11IN2O2/c1-13-9(2-3-14-6-9)7-4-11-5-8(10)12-7/h4-5H,2-3,6H2,1H3. The van der Waals surface area contributed by atoms with Gasteiger partial charge in [0, 0.05) is 20.1 Å². The fourth-order valence-electron chi connectivity index (χ4n) is 1.58. The maximum Gasteiger partial charge on any atom is 0.136 e. The second-order valence-electron chi connectivity index (χ2n) is 3.23. The summed E-state index contributed by atoms with van der Waals surface area (Å²) in [6.07, 6.45) is 4.32. The number of halogens is 1. The highest BCUT2D eigenvalue weighted by molar-refractivity contribution is 14.1. The van der Waals surface area contributed by atoms with Crippen LogP contribution in [-0.4, -0.2) is 30.3 Å². The van der Waals surface area contributed by atoms with Crippen molar-refractivity contribution in [1.29, 1.82) is 0 Å². The molecule has 1 saturated heterocycles. The van der Waals surface area contributed by atoms with Crippen LogP contribution in [0, 0.1) is 3.70 Å². The first-order valence-corrected chi connectivity index (χ1v) is 5.46. The van der Waals surface area contributed by atoms with Gasteiger partial charge in [-0.2, -0.15) is 0 Å². The van der Waals surface area contributed by atoms with E-state index in [4.69, 9.17) is 9.47 Å². The van der Waals surface area contributed by atoms with E-state index in [0.29, 0.717) is 6.61 Å². The van der Waals surface area contributed by atoms with Crippen molar-refractivity contribution in [2.45, 2.75) is 12.0 Å². The lowest BCUT2D eigenvalue weighted by Crippen LogP contribution is -2.30. The first kappa shape index (κ1) is 10.3. The zero-order chi connectivity index (χ0) is 10.0. The Morgan fingerprint density at radius 1 is 1.57 bits per heavy atom. The van der Waals surface area contributed by atoms with Crippen molar-refractivity contribution in [2.75, 3.05) is 20.3 Å². The van der Waals surface area contributed by atoms with E-state index in [0.717, 1.165) is 22.4 Å². The zero-order valence-electron chi connectivity index (χ0n) is 7.86. The van der Waals surface area contributed by atoms with Crippen LogP contribution in [0.5, 0.6) is 0 Å². The molecule has 76 valence electrons. The average Bonchev–Trinajstić information content (AvgIpc) is 2.67. The Hall–Kier alpha value is -0.270. The minimum Gasteiger partial charge on any atom is -0.378 e. The highest BCUT2D eigenvalue weighted by Crippen LogP contribution is 2.32. The second kappa shape index (κ2) is 4.08. The Bertz CT molecular complexity index is 326. The molecule has 0 aromatic carbocycles. The van der Waals surface area contributed by atoms with Gasteiger partial charge < -0.3 is 9.47 Å². The zero-order valence-corrected chi connectivity index (χ0v) is 10.0. The molecule has 1 unspecified atom stereocenters. The molecule has 1 aliphatic rings. The van der Waals surface area contributed by atoms with Crippen molar-refractivity contribution in [3.63, 3.8) is 0 Å². The SMILES string of the molecule is COC1(c2cncc(I)n2)CCOC1. The number of methoxy groups -OCH3 is 1. The fraction of sp³-hybridized carbons (Fsp3) is 0.556. The molecule has 0 saturated carbocycles. The van der Waals surface area contributed by atoms with E-state index in [1.54, 1.807) is 19.5 Å². The van der Waals surface area contributed by atoms with Crippen molar-refractivity contribution >= 4 is 22.6 Å². The van der Waals surface area contributed by atoms with E-state index in [1.807, 2.05) is 0 Å². The molecule has 2 rings (SSSR count). The van der Waals surface area contributed by atoms with Crippen molar-refractivity contribution in [3.05, 3.63) is 21.8 Å². The molecule has 0 aliphatic carbocycles. The maximum absolute atomic E-state index is 5.51. The quantitative estimate of drug-likeness (QED) is 0.774. The average molecular weight is 306 g/mol. The number of rotatable bonds is 2. The highest BCUT2D eigenvalue weighted by Gasteiger charge is 2.38. The van der Waals surface area contributed by atoms with E-state index < -0.39 is 0 Å². The maximum atomic E-state index is 5.51. The lowest BCUT2D eigenvalue weighted by atomic mass is 9.99. The Balaban J connectivity index is 2.35. The molecule has 0 bridgehead atoms. The normalized spacial score (nSPS) is 26.7. The fourth-order valence-corrected chi connectivity index (χ4v) is 2.00. The van der Waals surface area contributed by atoms with E-state index in [2.05, 4.69) is 32.6 Å². The predicted molar refractivity (Wildman–Crippen MR) is 58.9 cm³/mol. The van der Waals surface area contributed by atoms with Gasteiger partial charge in [0.2, 0.25) is 0 Å². The van der Waals surface area contributed by atoms with Gasteiger partial charge in [0.25, 0.3) is 0 Å². The van der Waals surface area contributed by atoms with Crippen LogP contribution in [0.25, 0.3) is 0 Å². The monoisotopic (exact) mass is 306 g/mol. The minimum atomic E-state index is -0.381. The largest absolute Gasteiger partial charge is 0.378 e. The molecule has 0 radical (unpaired) electrons. The Morgan fingerprint density at radius 3 is 3.00 bits per heavy atom. The van der Waals surface area contributed by atoms with Crippen LogP contribution < -0.4 is 0 Å². The summed E-state index contributed by atoms with van der Waals surface area (Å²) in [5.74, 6) is 0. The summed E-state index contributed by atoms with van der Waals surface area (Å²) in [7, 11) is 1.69. The van der Waals surface area contributed by atoms with Crippen LogP contribution in [0.1, 0.15) is 12.1 Å². The summed E-state index contributed by atoms with van der Waals surface area (Å²) in [5.41, 5.74) is 0.484. The molecule has 5 heteroatoms. The molecule has 1 atom stereocenters. The smallest absolute Gasteiger partial charge is 0.136 e. The van der Waals surface area contributed by atoms with E-state index >= 15 is 0 Å². The summed E-state index contributed by atoms with van der Waals surface area (Å²) in [6, 6.07) is 0. The number of hydrogen-bond donors (Lipinski definition) is 0. The van der Waals surface area contributed by atoms with Gasteiger partial charge in [0.15, 0.2) is 0 Å². The summed E-state index contributed by atoms with van der Waals surface area (Å²) < 4.78 is 11.7. The third-order valence-corrected chi connectivity index (χ3v) is 2.97. The molecular formula is C9H11IN2O2. The molecular weight excluding hydrogens is 295 g/mol. The van der Waals surface area contributed by atoms with Gasteiger partial charge in [-0.15, -0.1) is 0 Å². The van der Waals surface area contributed by atoms with Crippen LogP contribution in [-0.2, 0) is 15.1 Å². The van der Waals surface area contributed by atoms with Gasteiger partial charge in [-0.25, -0.2) is 4.98 Å². The molecule has 2 heterocycles. The number of nitrogens with zero attached hydrogens (tertiary/aromatic N) is 2. The van der Waals surface area contributed by atoms with Crippen molar-refractivity contribution in [2.24, 2.45) is 0 Å². The molecule has 14 heavy (non-hydrogen) atoms. The highest BCUT2D eigenvalue weighted by atomic mass is 127. The van der Waals surface area contributed by atoms with Gasteiger partial charge in [-0.1, -0.05) is 0 Å². The van der Waals surface area contributed by atoms with Gasteiger partial charge >= 0.3 is 0 Å². The lowest BCUT2D eigenvalue weighted by Gasteiger charge is -2.24. The molecule has 4 nitrogen and oxygen atoms in total. The lowest BCUT2D eigenvalue weighted by molar-refractivity contribution is -0.0250. The number of aromatic nitrogens is 2. The van der Waals surface area contributed by atoms with Crippen LogP contribution in [0.2, 0.25) is 0 Å². The Labute approximate surface area is 96.2 Å². The molecule has 1 aliphatic heterocycles. The molecule has 0 spiro atoms. The third-order valence-electron chi connectivity index (χ3n) is 2.45. The number of ether oxygens (including phenoxy) is 2. The first-order chi connectivity index (χ1) is 6.77. The van der Waals surface area contributed by atoms with E-state index in [-0.39, 0.29) is 5.60 Å².